The van der Waals surface area contributed by atoms with Gasteiger partial charge in [0.05, 0.1) is 17.9 Å². The molecule has 0 aliphatic carbocycles. The van der Waals surface area contributed by atoms with E-state index >= 15 is 0 Å². The van der Waals surface area contributed by atoms with E-state index in [2.05, 4.69) is 26.3 Å². The van der Waals surface area contributed by atoms with Crippen LogP contribution in [0.3, 0.4) is 0 Å². The molecule has 18 heavy (non-hydrogen) atoms. The van der Waals surface area contributed by atoms with Crippen LogP contribution in [0.2, 0.25) is 0 Å². The van der Waals surface area contributed by atoms with Gasteiger partial charge in [0.15, 0.2) is 0 Å². The molecule has 100 valence electrons. The van der Waals surface area contributed by atoms with E-state index in [9.17, 15) is 14.7 Å². The molecule has 1 aromatic rings. The van der Waals surface area contributed by atoms with Crippen molar-refractivity contribution < 1.29 is 9.90 Å². The zero-order chi connectivity index (χ0) is 13.9. The summed E-state index contributed by atoms with van der Waals surface area (Å²) in [4.78, 5) is 22.5. The van der Waals surface area contributed by atoms with Crippen LogP contribution in [0, 0.1) is 0 Å². The molecule has 8 heteroatoms. The van der Waals surface area contributed by atoms with Gasteiger partial charge in [0.25, 0.3) is 5.56 Å². The second-order valence-corrected chi connectivity index (χ2v) is 4.81. The first kappa shape index (κ1) is 14.7. The standard InChI is InChI=1S/C10H15BrN4O3/c1-5(2)15-10(18)8(11)6(3-14-15)13-4-7(16)9(12)17/h3,5,7,13,16H,4H2,1-2H3,(H2,12,17). The maximum absolute atomic E-state index is 11.9. The number of nitrogens with zero attached hydrogens (tertiary/aromatic N) is 2. The summed E-state index contributed by atoms with van der Waals surface area (Å²) in [5.74, 6) is -0.831. The van der Waals surface area contributed by atoms with Gasteiger partial charge in [0.2, 0.25) is 5.91 Å². The average molecular weight is 319 g/mol. The minimum atomic E-state index is -1.32. The summed E-state index contributed by atoms with van der Waals surface area (Å²) >= 11 is 3.15. The van der Waals surface area contributed by atoms with E-state index in [0.29, 0.717) is 10.2 Å². The summed E-state index contributed by atoms with van der Waals surface area (Å²) in [6.45, 7) is 3.59. The van der Waals surface area contributed by atoms with Crippen molar-refractivity contribution in [3.63, 3.8) is 0 Å². The predicted octanol–water partition coefficient (Wildman–Crippen LogP) is -0.155. The Kier molecular flexibility index (Phi) is 4.85. The number of aromatic nitrogens is 2. The summed E-state index contributed by atoms with van der Waals surface area (Å²) in [5.41, 5.74) is 5.02. The summed E-state index contributed by atoms with van der Waals surface area (Å²) in [7, 11) is 0. The third-order valence-electron chi connectivity index (χ3n) is 2.25. The van der Waals surface area contributed by atoms with Gasteiger partial charge < -0.3 is 16.2 Å². The zero-order valence-corrected chi connectivity index (χ0v) is 11.6. The number of nitrogens with one attached hydrogen (secondary N) is 1. The fourth-order valence-electron chi connectivity index (χ4n) is 1.24. The van der Waals surface area contributed by atoms with Crippen LogP contribution in [0.5, 0.6) is 0 Å². The maximum atomic E-state index is 11.9. The van der Waals surface area contributed by atoms with Crippen LogP contribution in [0.15, 0.2) is 15.5 Å². The quantitative estimate of drug-likeness (QED) is 0.699. The Hall–Kier alpha value is -1.41. The average Bonchev–Trinajstić information content (AvgIpc) is 2.30. The van der Waals surface area contributed by atoms with Crippen molar-refractivity contribution in [2.75, 3.05) is 11.9 Å². The normalized spacial score (nSPS) is 12.5. The van der Waals surface area contributed by atoms with E-state index in [4.69, 9.17) is 5.73 Å². The highest BCUT2D eigenvalue weighted by Crippen LogP contribution is 2.16. The van der Waals surface area contributed by atoms with E-state index < -0.39 is 12.0 Å². The van der Waals surface area contributed by atoms with Crippen molar-refractivity contribution in [1.82, 2.24) is 9.78 Å². The van der Waals surface area contributed by atoms with Crippen molar-refractivity contribution in [1.29, 1.82) is 0 Å². The number of halogens is 1. The Bertz CT molecular complexity index is 500. The Balaban J connectivity index is 2.90. The second-order valence-electron chi connectivity index (χ2n) is 4.01. The molecule has 0 radical (unpaired) electrons. The highest BCUT2D eigenvalue weighted by molar-refractivity contribution is 9.10. The van der Waals surface area contributed by atoms with Crippen LogP contribution in [-0.2, 0) is 4.79 Å². The largest absolute Gasteiger partial charge is 0.381 e. The van der Waals surface area contributed by atoms with Gasteiger partial charge in [-0.1, -0.05) is 0 Å². The van der Waals surface area contributed by atoms with Crippen LogP contribution in [0.1, 0.15) is 19.9 Å². The molecule has 1 heterocycles. The summed E-state index contributed by atoms with van der Waals surface area (Å²) < 4.78 is 1.61. The number of nitrogens with two attached hydrogens (primary N) is 1. The van der Waals surface area contributed by atoms with E-state index in [0.717, 1.165) is 0 Å². The van der Waals surface area contributed by atoms with E-state index in [1.807, 2.05) is 13.8 Å². The van der Waals surface area contributed by atoms with Gasteiger partial charge in [-0.3, -0.25) is 9.59 Å². The second kappa shape index (κ2) is 5.96. The molecule has 1 unspecified atom stereocenters. The Morgan fingerprint density at radius 3 is 2.78 bits per heavy atom. The van der Waals surface area contributed by atoms with Gasteiger partial charge in [-0.15, -0.1) is 0 Å². The maximum Gasteiger partial charge on any atom is 0.283 e. The van der Waals surface area contributed by atoms with Crippen LogP contribution in [-0.4, -0.2) is 33.4 Å². The van der Waals surface area contributed by atoms with Gasteiger partial charge >= 0.3 is 0 Å². The molecule has 0 aliphatic heterocycles. The lowest BCUT2D eigenvalue weighted by Crippen LogP contribution is -2.35. The fourth-order valence-corrected chi connectivity index (χ4v) is 1.67. The number of carbonyl (C=O) groups is 1. The topological polar surface area (TPSA) is 110 Å². The number of aliphatic hydroxyl groups excluding tert-OH is 1. The molecular formula is C10H15BrN4O3. The van der Waals surface area contributed by atoms with E-state index in [1.54, 1.807) is 0 Å². The van der Waals surface area contributed by atoms with Crippen molar-refractivity contribution in [2.45, 2.75) is 26.0 Å². The number of rotatable bonds is 5. The molecule has 7 nitrogen and oxygen atoms in total. The number of amides is 1. The minimum absolute atomic E-state index is 0.0564. The van der Waals surface area contributed by atoms with Crippen LogP contribution in [0.4, 0.5) is 5.69 Å². The van der Waals surface area contributed by atoms with Crippen molar-refractivity contribution in [2.24, 2.45) is 5.73 Å². The van der Waals surface area contributed by atoms with E-state index in [1.165, 1.54) is 10.9 Å². The number of hydrogen-bond acceptors (Lipinski definition) is 5. The Morgan fingerprint density at radius 1 is 1.67 bits per heavy atom. The van der Waals surface area contributed by atoms with Crippen LogP contribution < -0.4 is 16.6 Å². The fraction of sp³-hybridized carbons (Fsp3) is 0.500. The molecule has 4 N–H and O–H groups in total. The highest BCUT2D eigenvalue weighted by Gasteiger charge is 2.14. The summed E-state index contributed by atoms with van der Waals surface area (Å²) in [5, 5.41) is 15.9. The zero-order valence-electron chi connectivity index (χ0n) is 10.1. The van der Waals surface area contributed by atoms with Crippen LogP contribution >= 0.6 is 15.9 Å². The number of carbonyl (C=O) groups excluding carboxylic acids is 1. The molecule has 0 saturated carbocycles. The smallest absolute Gasteiger partial charge is 0.283 e. The van der Waals surface area contributed by atoms with Crippen molar-refractivity contribution >= 4 is 27.5 Å². The Morgan fingerprint density at radius 2 is 2.28 bits per heavy atom. The number of hydrogen-bond donors (Lipinski definition) is 3. The van der Waals surface area contributed by atoms with E-state index in [-0.39, 0.29) is 18.1 Å². The summed E-state index contributed by atoms with van der Waals surface area (Å²) in [6, 6.07) is -0.0564. The first-order valence-corrected chi connectivity index (χ1v) is 6.12. The number of primary amides is 1. The van der Waals surface area contributed by atoms with Gasteiger partial charge in [-0.25, -0.2) is 4.68 Å². The molecule has 1 atom stereocenters. The van der Waals surface area contributed by atoms with Gasteiger partial charge in [0.1, 0.15) is 10.6 Å². The first-order valence-electron chi connectivity index (χ1n) is 5.33. The molecule has 1 amide bonds. The van der Waals surface area contributed by atoms with Crippen molar-refractivity contribution in [3.8, 4) is 0 Å². The molecule has 0 bridgehead atoms. The van der Waals surface area contributed by atoms with Gasteiger partial charge in [-0.05, 0) is 29.8 Å². The molecule has 1 aromatic heterocycles. The lowest BCUT2D eigenvalue weighted by Gasteiger charge is -2.13. The molecule has 0 spiro atoms. The molecule has 0 fully saturated rings. The molecule has 0 aliphatic rings. The highest BCUT2D eigenvalue weighted by atomic mass is 79.9. The van der Waals surface area contributed by atoms with Gasteiger partial charge in [0, 0.05) is 6.54 Å². The molecule has 0 aromatic carbocycles. The Labute approximate surface area is 112 Å². The third-order valence-corrected chi connectivity index (χ3v) is 3.01. The third kappa shape index (κ3) is 3.30. The van der Waals surface area contributed by atoms with Crippen LogP contribution in [0.25, 0.3) is 0 Å². The molecular weight excluding hydrogens is 304 g/mol. The minimum Gasteiger partial charge on any atom is -0.381 e. The lowest BCUT2D eigenvalue weighted by molar-refractivity contribution is -0.125. The molecule has 1 rings (SSSR count). The first-order chi connectivity index (χ1) is 8.34. The molecule has 0 saturated heterocycles. The monoisotopic (exact) mass is 318 g/mol. The SMILES string of the molecule is CC(C)n1ncc(NCC(O)C(N)=O)c(Br)c1=O. The predicted molar refractivity (Wildman–Crippen MR) is 70.3 cm³/mol. The van der Waals surface area contributed by atoms with Crippen molar-refractivity contribution in [3.05, 3.63) is 21.0 Å². The number of aliphatic hydroxyl groups is 1. The van der Waals surface area contributed by atoms with Gasteiger partial charge in [-0.2, -0.15) is 5.10 Å². The summed E-state index contributed by atoms with van der Waals surface area (Å²) in [6.07, 6.45) is 0.128. The lowest BCUT2D eigenvalue weighted by atomic mass is 10.3. The number of anilines is 1.